The second-order valence-electron chi connectivity index (χ2n) is 4.45. The highest BCUT2D eigenvalue weighted by Crippen LogP contribution is 2.36. The molecule has 0 heterocycles. The van der Waals surface area contributed by atoms with E-state index in [0.717, 1.165) is 12.1 Å². The van der Waals surface area contributed by atoms with Crippen molar-refractivity contribution in [3.63, 3.8) is 0 Å². The first-order chi connectivity index (χ1) is 10.7. The van der Waals surface area contributed by atoms with Crippen LogP contribution in [0.4, 0.5) is 24.5 Å². The van der Waals surface area contributed by atoms with Crippen molar-refractivity contribution in [1.29, 1.82) is 0 Å². The third-order valence-corrected chi connectivity index (χ3v) is 3.18. The van der Waals surface area contributed by atoms with E-state index in [9.17, 15) is 28.1 Å². The van der Waals surface area contributed by atoms with Gasteiger partial charge in [-0.05, 0) is 24.3 Å². The number of alkyl halides is 3. The van der Waals surface area contributed by atoms with Gasteiger partial charge in [0.2, 0.25) is 0 Å². The van der Waals surface area contributed by atoms with Gasteiger partial charge in [-0.15, -0.1) is 0 Å². The quantitative estimate of drug-likeness (QED) is 0.657. The first-order valence-electron chi connectivity index (χ1n) is 6.11. The normalized spacial score (nSPS) is 11.1. The van der Waals surface area contributed by atoms with Gasteiger partial charge in [-0.1, -0.05) is 17.7 Å². The molecule has 0 aromatic heterocycles. The van der Waals surface area contributed by atoms with E-state index in [1.807, 2.05) is 0 Å². The Kier molecular flexibility index (Phi) is 4.55. The number of carbonyl (C=O) groups excluding carboxylic acids is 1. The third-order valence-electron chi connectivity index (χ3n) is 2.85. The van der Waals surface area contributed by atoms with Crippen LogP contribution in [-0.4, -0.2) is 10.8 Å². The number of hydrogen-bond acceptors (Lipinski definition) is 3. The molecule has 0 saturated carbocycles. The van der Waals surface area contributed by atoms with E-state index in [0.29, 0.717) is 6.07 Å². The van der Waals surface area contributed by atoms with Crippen molar-refractivity contribution < 1.29 is 22.9 Å². The number of nitro benzene ring substituents is 1. The molecule has 0 atom stereocenters. The van der Waals surface area contributed by atoms with Crippen molar-refractivity contribution in [2.45, 2.75) is 6.18 Å². The van der Waals surface area contributed by atoms with Gasteiger partial charge in [0.25, 0.3) is 11.6 Å². The number of nitrogens with one attached hydrogen (secondary N) is 1. The number of rotatable bonds is 3. The lowest BCUT2D eigenvalue weighted by atomic mass is 10.1. The summed E-state index contributed by atoms with van der Waals surface area (Å²) in [6.45, 7) is 0. The molecule has 0 aliphatic heterocycles. The van der Waals surface area contributed by atoms with Crippen LogP contribution >= 0.6 is 11.6 Å². The first-order valence-corrected chi connectivity index (χ1v) is 6.49. The molecule has 1 N–H and O–H groups in total. The lowest BCUT2D eigenvalue weighted by Gasteiger charge is -2.11. The SMILES string of the molecule is O=C(Nc1ccc(Cl)c(C(F)(F)F)c1)c1cccc([N+](=O)[O-])c1. The van der Waals surface area contributed by atoms with Gasteiger partial charge in [0.05, 0.1) is 15.5 Å². The van der Waals surface area contributed by atoms with Crippen LogP contribution in [0.25, 0.3) is 0 Å². The average Bonchev–Trinajstić information content (AvgIpc) is 2.48. The highest BCUT2D eigenvalue weighted by atomic mass is 35.5. The summed E-state index contributed by atoms with van der Waals surface area (Å²) in [6, 6.07) is 7.73. The minimum atomic E-state index is -4.66. The zero-order chi connectivity index (χ0) is 17.2. The monoisotopic (exact) mass is 344 g/mol. The van der Waals surface area contributed by atoms with Crippen LogP contribution in [0, 0.1) is 10.1 Å². The summed E-state index contributed by atoms with van der Waals surface area (Å²) in [5.74, 6) is -0.774. The third kappa shape index (κ3) is 3.98. The molecule has 2 rings (SSSR count). The largest absolute Gasteiger partial charge is 0.417 e. The smallest absolute Gasteiger partial charge is 0.322 e. The van der Waals surface area contributed by atoms with E-state index >= 15 is 0 Å². The van der Waals surface area contributed by atoms with Gasteiger partial charge < -0.3 is 5.32 Å². The Bertz CT molecular complexity index is 778. The molecule has 0 aliphatic carbocycles. The van der Waals surface area contributed by atoms with Gasteiger partial charge in [-0.25, -0.2) is 0 Å². The summed E-state index contributed by atoms with van der Waals surface area (Å²) in [5.41, 5.74) is -1.57. The van der Waals surface area contributed by atoms with Gasteiger partial charge >= 0.3 is 6.18 Å². The van der Waals surface area contributed by atoms with Crippen molar-refractivity contribution >= 4 is 28.9 Å². The highest BCUT2D eigenvalue weighted by molar-refractivity contribution is 6.31. The van der Waals surface area contributed by atoms with Gasteiger partial charge in [0.1, 0.15) is 0 Å². The van der Waals surface area contributed by atoms with E-state index in [1.54, 1.807) is 0 Å². The molecule has 120 valence electrons. The molecule has 0 fully saturated rings. The van der Waals surface area contributed by atoms with E-state index in [-0.39, 0.29) is 16.9 Å². The van der Waals surface area contributed by atoms with Crippen LogP contribution in [0.5, 0.6) is 0 Å². The van der Waals surface area contributed by atoms with Gasteiger partial charge in [-0.2, -0.15) is 13.2 Å². The van der Waals surface area contributed by atoms with Gasteiger partial charge in [-0.3, -0.25) is 14.9 Å². The molecular weight excluding hydrogens is 337 g/mol. The molecule has 0 aliphatic rings. The summed E-state index contributed by atoms with van der Waals surface area (Å²) in [6.07, 6.45) is -4.66. The number of nitro groups is 1. The Hall–Kier alpha value is -2.61. The van der Waals surface area contributed by atoms with Crippen molar-refractivity contribution in [2.75, 3.05) is 5.32 Å². The Morgan fingerprint density at radius 1 is 1.17 bits per heavy atom. The fourth-order valence-corrected chi connectivity index (χ4v) is 2.01. The minimum Gasteiger partial charge on any atom is -0.322 e. The lowest BCUT2D eigenvalue weighted by molar-refractivity contribution is -0.384. The second-order valence-corrected chi connectivity index (χ2v) is 4.86. The number of hydrogen-bond donors (Lipinski definition) is 1. The molecule has 0 unspecified atom stereocenters. The summed E-state index contributed by atoms with van der Waals surface area (Å²) < 4.78 is 38.3. The zero-order valence-electron chi connectivity index (χ0n) is 11.2. The topological polar surface area (TPSA) is 72.2 Å². The van der Waals surface area contributed by atoms with Gasteiger partial charge in [0, 0.05) is 23.4 Å². The van der Waals surface area contributed by atoms with E-state index in [1.165, 1.54) is 24.3 Å². The number of carbonyl (C=O) groups is 1. The standard InChI is InChI=1S/C14H8ClF3N2O3/c15-12-5-4-9(7-11(12)14(16,17)18)19-13(21)8-2-1-3-10(6-8)20(22)23/h1-7H,(H,19,21). The fraction of sp³-hybridized carbons (Fsp3) is 0.0714. The number of benzene rings is 2. The van der Waals surface area contributed by atoms with Crippen LogP contribution in [0.2, 0.25) is 5.02 Å². The number of amides is 1. The summed E-state index contributed by atoms with van der Waals surface area (Å²) in [4.78, 5) is 22.0. The van der Waals surface area contributed by atoms with E-state index in [4.69, 9.17) is 11.6 Å². The predicted octanol–water partition coefficient (Wildman–Crippen LogP) is 4.52. The Balaban J connectivity index is 2.27. The van der Waals surface area contributed by atoms with Crippen LogP contribution in [-0.2, 0) is 6.18 Å². The van der Waals surface area contributed by atoms with Crippen molar-refractivity contribution in [3.05, 3.63) is 68.7 Å². The van der Waals surface area contributed by atoms with Crippen molar-refractivity contribution in [1.82, 2.24) is 0 Å². The summed E-state index contributed by atoms with van der Waals surface area (Å²) in [5, 5.41) is 12.4. The molecule has 0 spiro atoms. The maximum absolute atomic E-state index is 12.8. The molecule has 2 aromatic rings. The number of nitrogens with zero attached hydrogens (tertiary/aromatic N) is 1. The molecular formula is C14H8ClF3N2O3. The summed E-state index contributed by atoms with van der Waals surface area (Å²) in [7, 11) is 0. The number of anilines is 1. The maximum atomic E-state index is 12.8. The predicted molar refractivity (Wildman–Crippen MR) is 77.5 cm³/mol. The zero-order valence-corrected chi connectivity index (χ0v) is 12.0. The first kappa shape index (κ1) is 16.8. The molecule has 0 radical (unpaired) electrons. The van der Waals surface area contributed by atoms with Crippen LogP contribution < -0.4 is 5.32 Å². The summed E-state index contributed by atoms with van der Waals surface area (Å²) >= 11 is 5.48. The Morgan fingerprint density at radius 2 is 1.87 bits per heavy atom. The van der Waals surface area contributed by atoms with Crippen LogP contribution in [0.1, 0.15) is 15.9 Å². The van der Waals surface area contributed by atoms with Gasteiger partial charge in [0.15, 0.2) is 0 Å². The lowest BCUT2D eigenvalue weighted by Crippen LogP contribution is -2.13. The molecule has 23 heavy (non-hydrogen) atoms. The molecule has 5 nitrogen and oxygen atoms in total. The van der Waals surface area contributed by atoms with E-state index in [2.05, 4.69) is 5.32 Å². The molecule has 2 aromatic carbocycles. The van der Waals surface area contributed by atoms with Crippen molar-refractivity contribution in [2.24, 2.45) is 0 Å². The number of halogens is 4. The molecule has 1 amide bonds. The second kappa shape index (κ2) is 6.25. The van der Waals surface area contributed by atoms with Crippen molar-refractivity contribution in [3.8, 4) is 0 Å². The van der Waals surface area contributed by atoms with E-state index < -0.39 is 27.6 Å². The highest BCUT2D eigenvalue weighted by Gasteiger charge is 2.33. The maximum Gasteiger partial charge on any atom is 0.417 e. The minimum absolute atomic E-state index is 0.0530. The average molecular weight is 345 g/mol. The Labute approximate surface area is 132 Å². The van der Waals surface area contributed by atoms with Crippen LogP contribution in [0.15, 0.2) is 42.5 Å². The molecule has 9 heteroatoms. The number of non-ortho nitro benzene ring substituents is 1. The van der Waals surface area contributed by atoms with Crippen LogP contribution in [0.3, 0.4) is 0 Å². The molecule has 0 bridgehead atoms. The fourth-order valence-electron chi connectivity index (χ4n) is 1.78. The molecule has 0 saturated heterocycles. The Morgan fingerprint density at radius 3 is 2.48 bits per heavy atom.